The van der Waals surface area contributed by atoms with Gasteiger partial charge in [-0.3, -0.25) is 4.79 Å². The van der Waals surface area contributed by atoms with Crippen molar-refractivity contribution >= 4 is 5.91 Å². The Morgan fingerprint density at radius 1 is 1.15 bits per heavy atom. The third kappa shape index (κ3) is 5.49. The lowest BCUT2D eigenvalue weighted by Gasteiger charge is -2.12. The molecule has 1 aliphatic rings. The molecule has 2 aromatic carbocycles. The van der Waals surface area contributed by atoms with Crippen LogP contribution in [0, 0.1) is 6.92 Å². The summed E-state index contributed by atoms with van der Waals surface area (Å²) in [7, 11) is 0. The Hall–Kier alpha value is -2.53. The SMILES string of the molecule is Cc1cccc(OCCNC(=O)c2ccc(OCC3CCCO3)cc2)c1. The molecule has 0 aliphatic carbocycles. The summed E-state index contributed by atoms with van der Waals surface area (Å²) in [6.07, 6.45) is 2.33. The van der Waals surface area contributed by atoms with Crippen LogP contribution in [-0.2, 0) is 4.74 Å². The molecule has 1 atom stereocenters. The van der Waals surface area contributed by atoms with Crippen LogP contribution in [0.1, 0.15) is 28.8 Å². The molecule has 1 N–H and O–H groups in total. The largest absolute Gasteiger partial charge is 0.492 e. The highest BCUT2D eigenvalue weighted by Gasteiger charge is 2.16. The van der Waals surface area contributed by atoms with Crippen LogP contribution in [-0.4, -0.2) is 38.4 Å². The standard InChI is InChI=1S/C21H25NO4/c1-16-4-2-5-19(14-16)25-13-11-22-21(23)17-7-9-18(10-8-17)26-15-20-6-3-12-24-20/h2,4-5,7-10,14,20H,3,6,11-13,15H2,1H3,(H,22,23). The predicted octanol–water partition coefficient (Wildman–Crippen LogP) is 3.36. The predicted molar refractivity (Wildman–Crippen MR) is 99.9 cm³/mol. The van der Waals surface area contributed by atoms with Gasteiger partial charge in [-0.1, -0.05) is 12.1 Å². The lowest BCUT2D eigenvalue weighted by Crippen LogP contribution is -2.28. The fourth-order valence-corrected chi connectivity index (χ4v) is 2.81. The molecular weight excluding hydrogens is 330 g/mol. The van der Waals surface area contributed by atoms with Gasteiger partial charge in [0.2, 0.25) is 0 Å². The smallest absolute Gasteiger partial charge is 0.251 e. The van der Waals surface area contributed by atoms with Crippen LogP contribution in [0.3, 0.4) is 0 Å². The van der Waals surface area contributed by atoms with Crippen LogP contribution in [0.2, 0.25) is 0 Å². The number of hydrogen-bond acceptors (Lipinski definition) is 4. The second-order valence-electron chi connectivity index (χ2n) is 6.39. The van der Waals surface area contributed by atoms with Crippen LogP contribution in [0.15, 0.2) is 48.5 Å². The molecule has 26 heavy (non-hydrogen) atoms. The number of hydrogen-bond donors (Lipinski definition) is 1. The summed E-state index contributed by atoms with van der Waals surface area (Å²) in [5.74, 6) is 1.44. The van der Waals surface area contributed by atoms with Gasteiger partial charge in [0.25, 0.3) is 5.91 Å². The maximum Gasteiger partial charge on any atom is 0.251 e. The Balaban J connectivity index is 1.38. The van der Waals surface area contributed by atoms with E-state index in [4.69, 9.17) is 14.2 Å². The molecule has 138 valence electrons. The van der Waals surface area contributed by atoms with E-state index in [1.165, 1.54) is 0 Å². The summed E-state index contributed by atoms with van der Waals surface area (Å²) in [4.78, 5) is 12.2. The molecule has 0 aromatic heterocycles. The van der Waals surface area contributed by atoms with E-state index < -0.39 is 0 Å². The molecule has 1 aliphatic heterocycles. The molecule has 1 saturated heterocycles. The van der Waals surface area contributed by atoms with E-state index in [-0.39, 0.29) is 12.0 Å². The molecule has 1 fully saturated rings. The summed E-state index contributed by atoms with van der Waals surface area (Å²) in [5.41, 5.74) is 1.75. The van der Waals surface area contributed by atoms with Gasteiger partial charge in [-0.15, -0.1) is 0 Å². The number of aryl methyl sites for hydroxylation is 1. The van der Waals surface area contributed by atoms with Crippen molar-refractivity contribution in [2.75, 3.05) is 26.4 Å². The average Bonchev–Trinajstić information content (AvgIpc) is 3.17. The maximum atomic E-state index is 12.2. The van der Waals surface area contributed by atoms with Gasteiger partial charge in [0.05, 0.1) is 12.6 Å². The molecule has 1 unspecified atom stereocenters. The van der Waals surface area contributed by atoms with Crippen molar-refractivity contribution < 1.29 is 19.0 Å². The minimum atomic E-state index is -0.122. The van der Waals surface area contributed by atoms with Crippen molar-refractivity contribution in [3.63, 3.8) is 0 Å². The zero-order chi connectivity index (χ0) is 18.2. The number of carbonyl (C=O) groups is 1. The number of carbonyl (C=O) groups excluding carboxylic acids is 1. The van der Waals surface area contributed by atoms with E-state index in [1.807, 2.05) is 43.3 Å². The van der Waals surface area contributed by atoms with Crippen molar-refractivity contribution in [2.45, 2.75) is 25.9 Å². The lowest BCUT2D eigenvalue weighted by atomic mass is 10.2. The number of rotatable bonds is 8. The van der Waals surface area contributed by atoms with E-state index in [1.54, 1.807) is 12.1 Å². The Labute approximate surface area is 154 Å². The molecule has 5 nitrogen and oxygen atoms in total. The third-order valence-electron chi connectivity index (χ3n) is 4.22. The topological polar surface area (TPSA) is 56.8 Å². The maximum absolute atomic E-state index is 12.2. The van der Waals surface area contributed by atoms with Crippen LogP contribution < -0.4 is 14.8 Å². The molecule has 1 heterocycles. The van der Waals surface area contributed by atoms with Crippen molar-refractivity contribution in [1.29, 1.82) is 0 Å². The summed E-state index contributed by atoms with van der Waals surface area (Å²) in [6, 6.07) is 15.0. The normalized spacial score (nSPS) is 16.3. The van der Waals surface area contributed by atoms with E-state index in [0.717, 1.165) is 36.5 Å². The first-order valence-corrected chi connectivity index (χ1v) is 9.03. The van der Waals surface area contributed by atoms with Crippen molar-refractivity contribution in [3.05, 3.63) is 59.7 Å². The zero-order valence-electron chi connectivity index (χ0n) is 15.1. The highest BCUT2D eigenvalue weighted by Crippen LogP contribution is 2.16. The molecule has 2 aromatic rings. The average molecular weight is 355 g/mol. The van der Waals surface area contributed by atoms with Crippen LogP contribution in [0.5, 0.6) is 11.5 Å². The van der Waals surface area contributed by atoms with E-state index in [9.17, 15) is 4.79 Å². The Morgan fingerprint density at radius 2 is 2.00 bits per heavy atom. The summed E-state index contributed by atoms with van der Waals surface area (Å²) >= 11 is 0. The minimum Gasteiger partial charge on any atom is -0.492 e. The number of nitrogens with one attached hydrogen (secondary N) is 1. The van der Waals surface area contributed by atoms with Gasteiger partial charge in [0, 0.05) is 12.2 Å². The van der Waals surface area contributed by atoms with Crippen molar-refractivity contribution in [2.24, 2.45) is 0 Å². The van der Waals surface area contributed by atoms with Gasteiger partial charge in [0.1, 0.15) is 24.7 Å². The van der Waals surface area contributed by atoms with Gasteiger partial charge in [-0.05, 0) is 61.7 Å². The fraction of sp³-hybridized carbons (Fsp3) is 0.381. The second kappa shape index (κ2) is 9.25. The van der Waals surface area contributed by atoms with Crippen LogP contribution in [0.4, 0.5) is 0 Å². The van der Waals surface area contributed by atoms with E-state index >= 15 is 0 Å². The third-order valence-corrected chi connectivity index (χ3v) is 4.22. The Bertz CT molecular complexity index is 708. The van der Waals surface area contributed by atoms with Gasteiger partial charge in [-0.25, -0.2) is 0 Å². The van der Waals surface area contributed by atoms with Crippen LogP contribution in [0.25, 0.3) is 0 Å². The minimum absolute atomic E-state index is 0.122. The van der Waals surface area contributed by atoms with Crippen LogP contribution >= 0.6 is 0 Å². The van der Waals surface area contributed by atoms with Gasteiger partial charge < -0.3 is 19.5 Å². The molecule has 0 saturated carbocycles. The molecular formula is C21H25NO4. The van der Waals surface area contributed by atoms with Crippen molar-refractivity contribution in [3.8, 4) is 11.5 Å². The lowest BCUT2D eigenvalue weighted by molar-refractivity contribution is 0.0679. The molecule has 0 radical (unpaired) electrons. The molecule has 0 bridgehead atoms. The Kier molecular flexibility index (Phi) is 6.50. The Morgan fingerprint density at radius 3 is 2.73 bits per heavy atom. The molecule has 3 rings (SSSR count). The first-order chi connectivity index (χ1) is 12.7. The summed E-state index contributed by atoms with van der Waals surface area (Å²) in [5, 5.41) is 2.86. The highest BCUT2D eigenvalue weighted by atomic mass is 16.5. The van der Waals surface area contributed by atoms with Gasteiger partial charge in [-0.2, -0.15) is 0 Å². The summed E-state index contributed by atoms with van der Waals surface area (Å²) < 4.78 is 16.9. The number of benzene rings is 2. The van der Waals surface area contributed by atoms with E-state index in [2.05, 4.69) is 5.32 Å². The zero-order valence-corrected chi connectivity index (χ0v) is 15.1. The number of amides is 1. The van der Waals surface area contributed by atoms with Gasteiger partial charge in [0.15, 0.2) is 0 Å². The van der Waals surface area contributed by atoms with Crippen molar-refractivity contribution in [1.82, 2.24) is 5.32 Å². The van der Waals surface area contributed by atoms with Gasteiger partial charge >= 0.3 is 0 Å². The second-order valence-corrected chi connectivity index (χ2v) is 6.39. The first-order valence-electron chi connectivity index (χ1n) is 9.03. The quantitative estimate of drug-likeness (QED) is 0.738. The summed E-state index contributed by atoms with van der Waals surface area (Å²) in [6.45, 7) is 4.27. The molecule has 1 amide bonds. The molecule has 5 heteroatoms. The fourth-order valence-electron chi connectivity index (χ4n) is 2.81. The monoisotopic (exact) mass is 355 g/mol. The first kappa shape index (κ1) is 18.3. The number of ether oxygens (including phenoxy) is 3. The molecule has 0 spiro atoms. The van der Waals surface area contributed by atoms with E-state index in [0.29, 0.717) is 25.3 Å². The highest BCUT2D eigenvalue weighted by molar-refractivity contribution is 5.94.